The first-order valence-electron chi connectivity index (χ1n) is 11.9. The molecule has 19 heteroatoms. The standard InChI is InChI=1S/C21H37N7O11S/c1-8(22)17(34)26-12(7-40)18(35)23-4-13(32)27-15(9(2)30)19(36)24-5-14(33)28-16(10(3)31)20(37)25-11(6-29)21(38)39/h8-12,15-16,29-31,40H,4-7,22H2,1-3H3,(H,23,35)(H,24,36)(H,25,37)(H,26,34)(H,27,32)(H,28,33)(H,38,39). The number of thiol groups is 1. The van der Waals surface area contributed by atoms with E-state index in [0.717, 1.165) is 13.8 Å². The van der Waals surface area contributed by atoms with E-state index in [1.54, 1.807) is 0 Å². The highest BCUT2D eigenvalue weighted by atomic mass is 32.1. The lowest BCUT2D eigenvalue weighted by molar-refractivity contribution is -0.144. The van der Waals surface area contributed by atoms with E-state index in [1.165, 1.54) is 6.92 Å². The number of nitrogens with two attached hydrogens (primary N) is 1. The molecule has 0 aromatic rings. The fraction of sp³-hybridized carbons (Fsp3) is 0.667. The summed E-state index contributed by atoms with van der Waals surface area (Å²) >= 11 is 3.96. The Kier molecular flexibility index (Phi) is 16.4. The summed E-state index contributed by atoms with van der Waals surface area (Å²) in [7, 11) is 0. The van der Waals surface area contributed by atoms with Crippen LogP contribution in [0.5, 0.6) is 0 Å². The lowest BCUT2D eigenvalue weighted by atomic mass is 10.1. The maximum Gasteiger partial charge on any atom is 0.328 e. The van der Waals surface area contributed by atoms with Crippen molar-refractivity contribution in [1.82, 2.24) is 31.9 Å². The molecular weight excluding hydrogens is 558 g/mol. The van der Waals surface area contributed by atoms with E-state index in [2.05, 4.69) is 39.2 Å². The number of rotatable bonds is 17. The Morgan fingerprint density at radius 3 is 1.50 bits per heavy atom. The third-order valence-corrected chi connectivity index (χ3v) is 5.40. The monoisotopic (exact) mass is 595 g/mol. The SMILES string of the molecule is CC(N)C(=O)NC(CS)C(=O)NCC(=O)NC(C(=O)NCC(=O)NC(C(=O)NC(CO)C(=O)O)C(C)O)C(C)O. The molecule has 0 aliphatic heterocycles. The van der Waals surface area contributed by atoms with E-state index >= 15 is 0 Å². The molecule has 0 bridgehead atoms. The third kappa shape index (κ3) is 13.0. The maximum atomic E-state index is 12.5. The minimum Gasteiger partial charge on any atom is -0.480 e. The van der Waals surface area contributed by atoms with Gasteiger partial charge in [0, 0.05) is 5.75 Å². The molecule has 40 heavy (non-hydrogen) atoms. The fourth-order valence-corrected chi connectivity index (χ4v) is 3.03. The Hall–Kier alpha value is -3.52. The number of nitrogens with one attached hydrogen (secondary N) is 6. The number of aliphatic carboxylic acids is 1. The van der Waals surface area contributed by atoms with Crippen molar-refractivity contribution >= 4 is 54.0 Å². The van der Waals surface area contributed by atoms with Crippen molar-refractivity contribution in [2.75, 3.05) is 25.4 Å². The molecule has 0 heterocycles. The molecule has 7 atom stereocenters. The number of aliphatic hydroxyl groups excluding tert-OH is 3. The Morgan fingerprint density at radius 1 is 0.700 bits per heavy atom. The van der Waals surface area contributed by atoms with Gasteiger partial charge in [0.15, 0.2) is 0 Å². The summed E-state index contributed by atoms with van der Waals surface area (Å²) in [5.74, 6) is -7.10. The minimum absolute atomic E-state index is 0.105. The molecule has 0 radical (unpaired) electrons. The van der Waals surface area contributed by atoms with Gasteiger partial charge in [0.1, 0.15) is 24.2 Å². The number of carboxylic acids is 1. The molecule has 0 saturated carbocycles. The summed E-state index contributed by atoms with van der Waals surface area (Å²) in [5, 5.41) is 50.5. The van der Waals surface area contributed by atoms with E-state index in [4.69, 9.17) is 15.9 Å². The van der Waals surface area contributed by atoms with Crippen LogP contribution in [-0.2, 0) is 33.6 Å². The van der Waals surface area contributed by atoms with Gasteiger partial charge in [-0.1, -0.05) is 0 Å². The van der Waals surface area contributed by atoms with Gasteiger partial charge in [0.2, 0.25) is 35.4 Å². The van der Waals surface area contributed by atoms with E-state index < -0.39 is 104 Å². The number of carbonyl (C=O) groups excluding carboxylic acids is 6. The zero-order valence-corrected chi connectivity index (χ0v) is 22.9. The van der Waals surface area contributed by atoms with Crippen LogP contribution in [0, 0.1) is 0 Å². The number of amides is 6. The van der Waals surface area contributed by atoms with Crippen LogP contribution in [0.3, 0.4) is 0 Å². The van der Waals surface area contributed by atoms with Crippen molar-refractivity contribution in [3.05, 3.63) is 0 Å². The molecule has 12 N–H and O–H groups in total. The fourth-order valence-electron chi connectivity index (χ4n) is 2.77. The topological polar surface area (TPSA) is 299 Å². The van der Waals surface area contributed by atoms with E-state index in [9.17, 15) is 43.8 Å². The van der Waals surface area contributed by atoms with Crippen LogP contribution < -0.4 is 37.6 Å². The summed E-state index contributed by atoms with van der Waals surface area (Å²) < 4.78 is 0. The number of carbonyl (C=O) groups is 7. The molecule has 0 rings (SSSR count). The van der Waals surface area contributed by atoms with E-state index in [-0.39, 0.29) is 5.75 Å². The predicted molar refractivity (Wildman–Crippen MR) is 139 cm³/mol. The quantitative estimate of drug-likeness (QED) is 0.0699. The van der Waals surface area contributed by atoms with Crippen molar-refractivity contribution in [1.29, 1.82) is 0 Å². The first-order chi connectivity index (χ1) is 18.5. The van der Waals surface area contributed by atoms with Gasteiger partial charge in [-0.05, 0) is 20.8 Å². The largest absolute Gasteiger partial charge is 0.480 e. The first kappa shape index (κ1) is 36.5. The number of hydrogen-bond donors (Lipinski definition) is 12. The van der Waals surface area contributed by atoms with Crippen molar-refractivity contribution in [2.45, 2.75) is 63.2 Å². The molecule has 0 saturated heterocycles. The zero-order chi connectivity index (χ0) is 31.2. The molecule has 0 aromatic carbocycles. The highest BCUT2D eigenvalue weighted by molar-refractivity contribution is 7.80. The molecule has 7 unspecified atom stereocenters. The summed E-state index contributed by atoms with van der Waals surface area (Å²) in [6, 6.07) is -6.91. The zero-order valence-electron chi connectivity index (χ0n) is 22.0. The maximum absolute atomic E-state index is 12.5. The molecule has 0 aromatic heterocycles. The Labute approximate surface area is 234 Å². The average Bonchev–Trinajstić information content (AvgIpc) is 2.87. The van der Waals surface area contributed by atoms with Crippen LogP contribution in [-0.4, -0.2) is 130 Å². The van der Waals surface area contributed by atoms with Gasteiger partial charge in [-0.15, -0.1) is 0 Å². The smallest absolute Gasteiger partial charge is 0.328 e. The van der Waals surface area contributed by atoms with Crippen molar-refractivity contribution in [3.63, 3.8) is 0 Å². The van der Waals surface area contributed by atoms with Gasteiger partial charge >= 0.3 is 5.97 Å². The molecular formula is C21H37N7O11S. The van der Waals surface area contributed by atoms with Gasteiger partial charge in [-0.3, -0.25) is 28.8 Å². The van der Waals surface area contributed by atoms with Gasteiger partial charge in [-0.2, -0.15) is 12.6 Å². The molecule has 6 amide bonds. The van der Waals surface area contributed by atoms with Gasteiger partial charge in [0.25, 0.3) is 0 Å². The molecule has 18 nitrogen and oxygen atoms in total. The molecule has 0 fully saturated rings. The summed E-state index contributed by atoms with van der Waals surface area (Å²) in [6.07, 6.45) is -2.96. The van der Waals surface area contributed by atoms with Crippen LogP contribution in [0.2, 0.25) is 0 Å². The van der Waals surface area contributed by atoms with Crippen molar-refractivity contribution < 1.29 is 54.0 Å². The highest BCUT2D eigenvalue weighted by Crippen LogP contribution is 1.97. The van der Waals surface area contributed by atoms with Crippen LogP contribution in [0.25, 0.3) is 0 Å². The first-order valence-corrected chi connectivity index (χ1v) is 12.5. The summed E-state index contributed by atoms with van der Waals surface area (Å²) in [4.78, 5) is 84.0. The Balaban J connectivity index is 5.00. The third-order valence-electron chi connectivity index (χ3n) is 5.04. The predicted octanol–water partition coefficient (Wildman–Crippen LogP) is -6.73. The Morgan fingerprint density at radius 2 is 1.12 bits per heavy atom. The Bertz CT molecular complexity index is 933. The van der Waals surface area contributed by atoms with Crippen LogP contribution in [0.15, 0.2) is 0 Å². The molecule has 0 spiro atoms. The summed E-state index contributed by atoms with van der Waals surface area (Å²) in [6.45, 7) is 1.31. The minimum atomic E-state index is -1.69. The van der Waals surface area contributed by atoms with E-state index in [1.807, 2.05) is 5.32 Å². The second-order valence-corrected chi connectivity index (χ2v) is 8.99. The number of carboxylic acid groups (broad SMARTS) is 1. The van der Waals surface area contributed by atoms with E-state index in [0.29, 0.717) is 0 Å². The lowest BCUT2D eigenvalue weighted by Gasteiger charge is -2.24. The van der Waals surface area contributed by atoms with Gasteiger partial charge in [-0.25, -0.2) is 4.79 Å². The summed E-state index contributed by atoms with van der Waals surface area (Å²) in [5.41, 5.74) is 5.42. The van der Waals surface area contributed by atoms with Gasteiger partial charge < -0.3 is 58.1 Å². The lowest BCUT2D eigenvalue weighted by Crippen LogP contribution is -2.59. The number of hydrogen-bond acceptors (Lipinski definition) is 12. The second kappa shape index (κ2) is 17.9. The van der Waals surface area contributed by atoms with Crippen molar-refractivity contribution in [2.24, 2.45) is 5.73 Å². The van der Waals surface area contributed by atoms with Crippen molar-refractivity contribution in [3.8, 4) is 0 Å². The average molecular weight is 596 g/mol. The van der Waals surface area contributed by atoms with Crippen LogP contribution >= 0.6 is 12.6 Å². The second-order valence-electron chi connectivity index (χ2n) is 8.62. The molecule has 0 aliphatic carbocycles. The van der Waals surface area contributed by atoms with Crippen LogP contribution in [0.4, 0.5) is 0 Å². The highest BCUT2D eigenvalue weighted by Gasteiger charge is 2.31. The number of aliphatic hydroxyl groups is 3. The molecule has 0 aliphatic rings. The van der Waals surface area contributed by atoms with Crippen LogP contribution in [0.1, 0.15) is 20.8 Å². The normalized spacial score (nSPS) is 16.0. The molecule has 228 valence electrons. The van der Waals surface area contributed by atoms with Gasteiger partial charge in [0.05, 0.1) is 37.9 Å².